The highest BCUT2D eigenvalue weighted by molar-refractivity contribution is 5.55. The van der Waals surface area contributed by atoms with Crippen molar-refractivity contribution in [2.45, 2.75) is 19.0 Å². The molecule has 0 spiro atoms. The zero-order valence-electron chi connectivity index (χ0n) is 12.6. The molecule has 1 aliphatic heterocycles. The lowest BCUT2D eigenvalue weighted by atomic mass is 9.95. The molecule has 2 atom stereocenters. The van der Waals surface area contributed by atoms with Crippen molar-refractivity contribution in [2.24, 2.45) is 5.92 Å². The van der Waals surface area contributed by atoms with Gasteiger partial charge in [0, 0.05) is 18.7 Å². The largest absolute Gasteiger partial charge is 0.393 e. The summed E-state index contributed by atoms with van der Waals surface area (Å²) in [6.45, 7) is 1.70. The molecule has 0 radical (unpaired) electrons. The van der Waals surface area contributed by atoms with Gasteiger partial charge in [0.25, 0.3) is 0 Å². The minimum absolute atomic E-state index is 0.0624. The summed E-state index contributed by atoms with van der Waals surface area (Å²) in [4.78, 5) is 5.64. The van der Waals surface area contributed by atoms with Gasteiger partial charge in [0.2, 0.25) is 11.7 Å². The SMILES string of the molecule is Cc1ccc(-c2noc(C3CN(C)CC3C(F)(F)F)n2)cc1F. The number of rotatable bonds is 2. The van der Waals surface area contributed by atoms with Crippen molar-refractivity contribution in [1.29, 1.82) is 0 Å². The van der Waals surface area contributed by atoms with Crippen molar-refractivity contribution in [1.82, 2.24) is 15.0 Å². The summed E-state index contributed by atoms with van der Waals surface area (Å²) in [7, 11) is 1.62. The average molecular weight is 329 g/mol. The van der Waals surface area contributed by atoms with Gasteiger partial charge in [0.15, 0.2) is 0 Å². The van der Waals surface area contributed by atoms with Crippen molar-refractivity contribution in [3.05, 3.63) is 35.5 Å². The molecular weight excluding hydrogens is 314 g/mol. The molecule has 1 aromatic heterocycles. The molecule has 0 saturated carbocycles. The lowest BCUT2D eigenvalue weighted by Gasteiger charge is -2.18. The zero-order chi connectivity index (χ0) is 16.8. The summed E-state index contributed by atoms with van der Waals surface area (Å²) < 4.78 is 58.0. The number of hydrogen-bond donors (Lipinski definition) is 0. The highest BCUT2D eigenvalue weighted by Gasteiger charge is 2.51. The number of alkyl halides is 3. The van der Waals surface area contributed by atoms with Crippen LogP contribution < -0.4 is 0 Å². The predicted molar refractivity (Wildman–Crippen MR) is 74.2 cm³/mol. The highest BCUT2D eigenvalue weighted by Crippen LogP contribution is 2.42. The van der Waals surface area contributed by atoms with E-state index in [-0.39, 0.29) is 24.8 Å². The molecule has 4 nitrogen and oxygen atoms in total. The van der Waals surface area contributed by atoms with Crippen LogP contribution in [0.1, 0.15) is 17.4 Å². The van der Waals surface area contributed by atoms with E-state index in [9.17, 15) is 17.6 Å². The van der Waals surface area contributed by atoms with E-state index in [4.69, 9.17) is 4.52 Å². The topological polar surface area (TPSA) is 42.2 Å². The molecule has 2 unspecified atom stereocenters. The van der Waals surface area contributed by atoms with Gasteiger partial charge in [0.1, 0.15) is 5.82 Å². The van der Waals surface area contributed by atoms with Crippen LogP contribution >= 0.6 is 0 Å². The Morgan fingerprint density at radius 1 is 1.26 bits per heavy atom. The smallest absolute Gasteiger partial charge is 0.339 e. The molecule has 0 bridgehead atoms. The molecule has 0 amide bonds. The van der Waals surface area contributed by atoms with Crippen LogP contribution in [0.5, 0.6) is 0 Å². The van der Waals surface area contributed by atoms with Crippen LogP contribution in [0.2, 0.25) is 0 Å². The minimum Gasteiger partial charge on any atom is -0.339 e. The number of likely N-dealkylation sites (tertiary alicyclic amines) is 1. The van der Waals surface area contributed by atoms with Crippen LogP contribution in [0.15, 0.2) is 22.7 Å². The van der Waals surface area contributed by atoms with Gasteiger partial charge < -0.3 is 9.42 Å². The Balaban J connectivity index is 1.90. The van der Waals surface area contributed by atoms with Gasteiger partial charge in [-0.1, -0.05) is 17.3 Å². The molecule has 1 aliphatic rings. The van der Waals surface area contributed by atoms with Crippen molar-refractivity contribution >= 4 is 0 Å². The first-order valence-corrected chi connectivity index (χ1v) is 7.11. The van der Waals surface area contributed by atoms with Gasteiger partial charge in [-0.3, -0.25) is 0 Å². The number of halogens is 4. The summed E-state index contributed by atoms with van der Waals surface area (Å²) >= 11 is 0. The molecule has 0 aliphatic carbocycles. The number of aryl methyl sites for hydroxylation is 1. The van der Waals surface area contributed by atoms with E-state index in [1.54, 1.807) is 31.0 Å². The summed E-state index contributed by atoms with van der Waals surface area (Å²) in [6, 6.07) is 4.41. The minimum atomic E-state index is -4.33. The zero-order valence-corrected chi connectivity index (χ0v) is 12.6. The van der Waals surface area contributed by atoms with Crippen molar-refractivity contribution < 1.29 is 22.1 Å². The van der Waals surface area contributed by atoms with Gasteiger partial charge in [0.05, 0.1) is 11.8 Å². The molecule has 1 aromatic carbocycles. The summed E-state index contributed by atoms with van der Waals surface area (Å²) in [5, 5.41) is 3.70. The van der Waals surface area contributed by atoms with Crippen LogP contribution in [0, 0.1) is 18.7 Å². The lowest BCUT2D eigenvalue weighted by molar-refractivity contribution is -0.175. The van der Waals surface area contributed by atoms with Gasteiger partial charge in [-0.15, -0.1) is 0 Å². The quantitative estimate of drug-likeness (QED) is 0.792. The fourth-order valence-corrected chi connectivity index (χ4v) is 2.82. The summed E-state index contributed by atoms with van der Waals surface area (Å²) in [5.41, 5.74) is 0.838. The average Bonchev–Trinajstić information content (AvgIpc) is 3.07. The first-order valence-electron chi connectivity index (χ1n) is 7.11. The van der Waals surface area contributed by atoms with Crippen LogP contribution in [0.25, 0.3) is 11.4 Å². The van der Waals surface area contributed by atoms with Crippen molar-refractivity contribution in [2.75, 3.05) is 20.1 Å². The van der Waals surface area contributed by atoms with E-state index in [0.717, 1.165) is 0 Å². The maximum Gasteiger partial charge on any atom is 0.393 e. The highest BCUT2D eigenvalue weighted by atomic mass is 19.4. The standard InChI is InChI=1S/C15H15F4N3O/c1-8-3-4-9(5-12(8)16)13-20-14(23-21-13)10-6-22(2)7-11(10)15(17,18)19/h3-5,10-11H,6-7H2,1-2H3. The molecular formula is C15H15F4N3O. The van der Waals surface area contributed by atoms with Crippen LogP contribution in [0.4, 0.5) is 17.6 Å². The normalized spacial score (nSPS) is 22.7. The summed E-state index contributed by atoms with van der Waals surface area (Å²) in [5.74, 6) is -2.85. The number of likely N-dealkylation sites (N-methyl/N-ethyl adjacent to an activating group) is 1. The molecule has 0 N–H and O–H groups in total. The van der Waals surface area contributed by atoms with E-state index < -0.39 is 23.8 Å². The molecule has 3 rings (SSSR count). The van der Waals surface area contributed by atoms with Crippen LogP contribution in [-0.2, 0) is 0 Å². The monoisotopic (exact) mass is 329 g/mol. The molecule has 1 fully saturated rings. The number of aromatic nitrogens is 2. The van der Waals surface area contributed by atoms with E-state index in [1.165, 1.54) is 6.07 Å². The van der Waals surface area contributed by atoms with Crippen molar-refractivity contribution in [3.63, 3.8) is 0 Å². The Labute approximate surface area is 130 Å². The van der Waals surface area contributed by atoms with Gasteiger partial charge >= 0.3 is 6.18 Å². The van der Waals surface area contributed by atoms with Crippen LogP contribution in [-0.4, -0.2) is 41.4 Å². The third-order valence-electron chi connectivity index (χ3n) is 4.11. The first kappa shape index (κ1) is 15.9. The molecule has 1 saturated heterocycles. The Bertz CT molecular complexity index is 713. The van der Waals surface area contributed by atoms with Crippen LogP contribution in [0.3, 0.4) is 0 Å². The van der Waals surface area contributed by atoms with Gasteiger partial charge in [-0.2, -0.15) is 18.2 Å². The second-order valence-electron chi connectivity index (χ2n) is 5.90. The van der Waals surface area contributed by atoms with E-state index in [1.807, 2.05) is 0 Å². The number of hydrogen-bond acceptors (Lipinski definition) is 4. The maximum absolute atomic E-state index is 13.6. The Morgan fingerprint density at radius 2 is 2.00 bits per heavy atom. The fourth-order valence-electron chi connectivity index (χ4n) is 2.82. The molecule has 2 aromatic rings. The van der Waals surface area contributed by atoms with E-state index in [2.05, 4.69) is 10.1 Å². The molecule has 8 heteroatoms. The molecule has 124 valence electrons. The summed E-state index contributed by atoms with van der Waals surface area (Å²) in [6.07, 6.45) is -4.33. The third kappa shape index (κ3) is 3.08. The third-order valence-corrected chi connectivity index (χ3v) is 4.11. The number of nitrogens with zero attached hydrogens (tertiary/aromatic N) is 3. The van der Waals surface area contributed by atoms with Gasteiger partial charge in [-0.25, -0.2) is 4.39 Å². The Kier molecular flexibility index (Phi) is 3.87. The Hall–Kier alpha value is -1.96. The second kappa shape index (κ2) is 5.59. The Morgan fingerprint density at radius 3 is 2.65 bits per heavy atom. The van der Waals surface area contributed by atoms with E-state index >= 15 is 0 Å². The molecule has 23 heavy (non-hydrogen) atoms. The number of benzene rings is 1. The van der Waals surface area contributed by atoms with Crippen molar-refractivity contribution in [3.8, 4) is 11.4 Å². The first-order chi connectivity index (χ1) is 10.8. The predicted octanol–water partition coefficient (Wildman–Crippen LogP) is 3.39. The maximum atomic E-state index is 13.6. The lowest BCUT2D eigenvalue weighted by Crippen LogP contribution is -2.29. The molecule has 2 heterocycles. The van der Waals surface area contributed by atoms with Gasteiger partial charge in [-0.05, 0) is 25.6 Å². The second-order valence-corrected chi connectivity index (χ2v) is 5.90. The fraction of sp³-hybridized carbons (Fsp3) is 0.467. The van der Waals surface area contributed by atoms with E-state index in [0.29, 0.717) is 11.1 Å².